The van der Waals surface area contributed by atoms with E-state index in [1.165, 1.54) is 6.07 Å². The minimum atomic E-state index is -0.909. The van der Waals surface area contributed by atoms with Gasteiger partial charge in [-0.3, -0.25) is 0 Å². The Bertz CT molecular complexity index is 714. The first kappa shape index (κ1) is 17.9. The smallest absolute Gasteiger partial charge is 0.344 e. The van der Waals surface area contributed by atoms with Gasteiger partial charge in [0.1, 0.15) is 5.75 Å². The van der Waals surface area contributed by atoms with E-state index in [1.807, 2.05) is 6.92 Å². The van der Waals surface area contributed by atoms with Crippen molar-refractivity contribution in [3.8, 4) is 16.9 Å². The summed E-state index contributed by atoms with van der Waals surface area (Å²) in [6.45, 7) is 3.57. The van der Waals surface area contributed by atoms with Crippen LogP contribution in [0.1, 0.15) is 25.8 Å². The van der Waals surface area contributed by atoms with Crippen molar-refractivity contribution in [2.45, 2.75) is 26.7 Å². The molecule has 0 saturated carbocycles. The molecule has 0 aromatic heterocycles. The largest absolute Gasteiger partial charge is 0.481 e. The lowest BCUT2D eigenvalue weighted by atomic mass is 10.00. The van der Waals surface area contributed by atoms with Gasteiger partial charge in [0.15, 0.2) is 18.2 Å². The van der Waals surface area contributed by atoms with Crippen molar-refractivity contribution in [2.75, 3.05) is 13.2 Å². The third kappa shape index (κ3) is 4.10. The fourth-order valence-electron chi connectivity index (χ4n) is 2.41. The van der Waals surface area contributed by atoms with Crippen molar-refractivity contribution in [3.63, 3.8) is 0 Å². The molecule has 0 bridgehead atoms. The molecule has 0 aliphatic heterocycles. The van der Waals surface area contributed by atoms with E-state index in [4.69, 9.17) is 9.47 Å². The summed E-state index contributed by atoms with van der Waals surface area (Å²) in [5, 5.41) is 0. The van der Waals surface area contributed by atoms with Gasteiger partial charge in [0.25, 0.3) is 0 Å². The normalized spacial score (nSPS) is 10.5. The van der Waals surface area contributed by atoms with Crippen molar-refractivity contribution in [1.29, 1.82) is 0 Å². The lowest BCUT2D eigenvalue weighted by Gasteiger charge is -2.13. The molecule has 0 unspecified atom stereocenters. The summed E-state index contributed by atoms with van der Waals surface area (Å²) in [5.41, 5.74) is 0.844. The number of carbonyl (C=O) groups is 1. The van der Waals surface area contributed by atoms with Gasteiger partial charge in [-0.1, -0.05) is 43.7 Å². The number of carbonyl (C=O) groups excluding carboxylic acids is 1. The predicted octanol–water partition coefficient (Wildman–Crippen LogP) is 4.53. The predicted molar refractivity (Wildman–Crippen MR) is 87.9 cm³/mol. The Kier molecular flexibility index (Phi) is 6.29. The minimum absolute atomic E-state index is 0.104. The average molecular weight is 334 g/mol. The maximum absolute atomic E-state index is 14.4. The molecular formula is C19H20F2O3. The van der Waals surface area contributed by atoms with Gasteiger partial charge >= 0.3 is 5.97 Å². The second kappa shape index (κ2) is 8.43. The molecule has 0 N–H and O–H groups in total. The van der Waals surface area contributed by atoms with Crippen molar-refractivity contribution in [1.82, 2.24) is 0 Å². The number of esters is 1. The topological polar surface area (TPSA) is 35.5 Å². The van der Waals surface area contributed by atoms with Gasteiger partial charge in [-0.2, -0.15) is 0 Å². The van der Waals surface area contributed by atoms with Gasteiger partial charge < -0.3 is 9.47 Å². The Balaban J connectivity index is 2.32. The van der Waals surface area contributed by atoms with Crippen LogP contribution in [0.15, 0.2) is 36.4 Å². The average Bonchev–Trinajstić information content (AvgIpc) is 2.58. The molecule has 0 saturated heterocycles. The number of rotatable bonds is 7. The number of benzene rings is 2. The molecule has 0 aliphatic carbocycles. The first-order valence-electron chi connectivity index (χ1n) is 7.93. The van der Waals surface area contributed by atoms with Crippen LogP contribution in [0.5, 0.6) is 5.75 Å². The third-order valence-corrected chi connectivity index (χ3v) is 3.51. The SMILES string of the molecule is CCCc1ccc(-c2ccccc2OCC(=O)OCC)c(F)c1F. The molecule has 0 amide bonds. The molecule has 0 spiro atoms. The molecule has 2 rings (SSSR count). The Hall–Kier alpha value is -2.43. The van der Waals surface area contributed by atoms with E-state index in [2.05, 4.69) is 0 Å². The minimum Gasteiger partial charge on any atom is -0.481 e. The summed E-state index contributed by atoms with van der Waals surface area (Å²) in [7, 11) is 0. The molecule has 0 fully saturated rings. The van der Waals surface area contributed by atoms with Crippen LogP contribution >= 0.6 is 0 Å². The van der Waals surface area contributed by atoms with Crippen LogP contribution in [0.2, 0.25) is 0 Å². The highest BCUT2D eigenvalue weighted by Crippen LogP contribution is 2.33. The lowest BCUT2D eigenvalue weighted by molar-refractivity contribution is -0.145. The maximum atomic E-state index is 14.4. The molecule has 5 heteroatoms. The van der Waals surface area contributed by atoms with Crippen molar-refractivity contribution < 1.29 is 23.0 Å². The highest BCUT2D eigenvalue weighted by molar-refractivity contribution is 5.74. The van der Waals surface area contributed by atoms with E-state index in [1.54, 1.807) is 37.3 Å². The molecular weight excluding hydrogens is 314 g/mol. The fraction of sp³-hybridized carbons (Fsp3) is 0.316. The Morgan fingerprint density at radius 1 is 1.00 bits per heavy atom. The van der Waals surface area contributed by atoms with Gasteiger partial charge in [-0.05, 0) is 25.0 Å². The lowest BCUT2D eigenvalue weighted by Crippen LogP contribution is -2.15. The van der Waals surface area contributed by atoms with Crippen LogP contribution < -0.4 is 4.74 Å². The molecule has 128 valence electrons. The summed E-state index contributed by atoms with van der Waals surface area (Å²) >= 11 is 0. The Morgan fingerprint density at radius 3 is 2.46 bits per heavy atom. The van der Waals surface area contributed by atoms with E-state index in [0.29, 0.717) is 23.3 Å². The quantitative estimate of drug-likeness (QED) is 0.698. The fourth-order valence-corrected chi connectivity index (χ4v) is 2.41. The molecule has 0 atom stereocenters. The van der Waals surface area contributed by atoms with Crippen LogP contribution in [-0.4, -0.2) is 19.2 Å². The van der Waals surface area contributed by atoms with Crippen molar-refractivity contribution in [2.24, 2.45) is 0 Å². The summed E-state index contributed by atoms with van der Waals surface area (Å²) in [6.07, 6.45) is 1.21. The number of aryl methyl sites for hydroxylation is 1. The summed E-state index contributed by atoms with van der Waals surface area (Å²) in [6, 6.07) is 9.74. The van der Waals surface area contributed by atoms with Gasteiger partial charge in [-0.15, -0.1) is 0 Å². The number of ether oxygens (including phenoxy) is 2. The first-order valence-corrected chi connectivity index (χ1v) is 7.93. The van der Waals surface area contributed by atoms with Crippen molar-refractivity contribution >= 4 is 5.97 Å². The van der Waals surface area contributed by atoms with Gasteiger partial charge in [0.2, 0.25) is 0 Å². The first-order chi connectivity index (χ1) is 11.6. The number of hydrogen-bond donors (Lipinski definition) is 0. The van der Waals surface area contributed by atoms with E-state index >= 15 is 0 Å². The van der Waals surface area contributed by atoms with Crippen LogP contribution in [0.3, 0.4) is 0 Å². The van der Waals surface area contributed by atoms with E-state index in [9.17, 15) is 13.6 Å². The molecule has 2 aromatic rings. The molecule has 0 radical (unpaired) electrons. The van der Waals surface area contributed by atoms with E-state index in [-0.39, 0.29) is 18.8 Å². The number of para-hydroxylation sites is 1. The number of halogens is 2. The monoisotopic (exact) mass is 334 g/mol. The van der Waals surface area contributed by atoms with Gasteiger partial charge in [0.05, 0.1) is 6.61 Å². The van der Waals surface area contributed by atoms with Gasteiger partial charge in [-0.25, -0.2) is 13.6 Å². The molecule has 0 aliphatic rings. The van der Waals surface area contributed by atoms with Crippen LogP contribution in [0.4, 0.5) is 8.78 Å². The van der Waals surface area contributed by atoms with Crippen molar-refractivity contribution in [3.05, 3.63) is 53.6 Å². The molecule has 3 nitrogen and oxygen atoms in total. The highest BCUT2D eigenvalue weighted by Gasteiger charge is 2.17. The Labute approximate surface area is 140 Å². The molecule has 0 heterocycles. The third-order valence-electron chi connectivity index (χ3n) is 3.51. The zero-order valence-electron chi connectivity index (χ0n) is 13.8. The standard InChI is InChI=1S/C19H20F2O3/c1-3-7-13-10-11-15(19(21)18(13)20)14-8-5-6-9-16(14)24-12-17(22)23-4-2/h5-6,8-11H,3-4,7,12H2,1-2H3. The molecule has 2 aromatic carbocycles. The summed E-state index contributed by atoms with van der Waals surface area (Å²) < 4.78 is 38.9. The summed E-state index contributed by atoms with van der Waals surface area (Å²) in [5.74, 6) is -1.97. The second-order valence-corrected chi connectivity index (χ2v) is 5.24. The zero-order chi connectivity index (χ0) is 17.5. The van der Waals surface area contributed by atoms with Crippen LogP contribution in [-0.2, 0) is 16.0 Å². The second-order valence-electron chi connectivity index (χ2n) is 5.24. The van der Waals surface area contributed by atoms with E-state index in [0.717, 1.165) is 6.42 Å². The van der Waals surface area contributed by atoms with Crippen LogP contribution in [0.25, 0.3) is 11.1 Å². The zero-order valence-corrected chi connectivity index (χ0v) is 13.8. The highest BCUT2D eigenvalue weighted by atomic mass is 19.2. The Morgan fingerprint density at radius 2 is 1.75 bits per heavy atom. The summed E-state index contributed by atoms with van der Waals surface area (Å²) in [4.78, 5) is 11.4. The van der Waals surface area contributed by atoms with Gasteiger partial charge in [0, 0.05) is 11.1 Å². The molecule has 24 heavy (non-hydrogen) atoms. The number of hydrogen-bond acceptors (Lipinski definition) is 3. The maximum Gasteiger partial charge on any atom is 0.344 e. The van der Waals surface area contributed by atoms with E-state index < -0.39 is 17.6 Å². The van der Waals surface area contributed by atoms with Crippen LogP contribution in [0, 0.1) is 11.6 Å².